The van der Waals surface area contributed by atoms with E-state index >= 15 is 0 Å². The van der Waals surface area contributed by atoms with Crippen LogP contribution in [0.2, 0.25) is 0 Å². The molecule has 0 bridgehead atoms. The highest BCUT2D eigenvalue weighted by Crippen LogP contribution is 2.29. The lowest BCUT2D eigenvalue weighted by molar-refractivity contribution is 0.0979. The number of para-hydroxylation sites is 1. The fourth-order valence-electron chi connectivity index (χ4n) is 3.58. The lowest BCUT2D eigenvalue weighted by atomic mass is 9.99. The van der Waals surface area contributed by atoms with Gasteiger partial charge in [-0.15, -0.1) is 0 Å². The van der Waals surface area contributed by atoms with Crippen molar-refractivity contribution in [3.8, 4) is 0 Å². The van der Waals surface area contributed by atoms with Crippen molar-refractivity contribution in [3.63, 3.8) is 0 Å². The summed E-state index contributed by atoms with van der Waals surface area (Å²) in [6.45, 7) is 1.73. The van der Waals surface area contributed by atoms with Crippen molar-refractivity contribution in [2.75, 3.05) is 11.4 Å². The molecule has 0 fully saturated rings. The average molecular weight is 277 g/mol. The molecule has 0 amide bonds. The molecule has 1 aliphatic heterocycles. The Balaban J connectivity index is 1.63. The molecule has 1 aliphatic carbocycles. The maximum absolute atomic E-state index is 12.0. The van der Waals surface area contributed by atoms with E-state index < -0.39 is 0 Å². The van der Waals surface area contributed by atoms with Crippen LogP contribution < -0.4 is 4.90 Å². The predicted octanol–water partition coefficient (Wildman–Crippen LogP) is 3.77. The van der Waals surface area contributed by atoms with Gasteiger partial charge in [0.2, 0.25) is 0 Å². The minimum Gasteiger partial charge on any atom is -0.366 e. The Bertz CT molecular complexity index is 704. The van der Waals surface area contributed by atoms with Gasteiger partial charge in [-0.3, -0.25) is 4.79 Å². The van der Waals surface area contributed by atoms with E-state index in [1.807, 2.05) is 18.2 Å². The molecule has 21 heavy (non-hydrogen) atoms. The lowest BCUT2D eigenvalue weighted by Gasteiger charge is -2.30. The smallest absolute Gasteiger partial charge is 0.166 e. The quantitative estimate of drug-likeness (QED) is 0.833. The maximum Gasteiger partial charge on any atom is 0.166 e. The van der Waals surface area contributed by atoms with Gasteiger partial charge in [-0.05, 0) is 48.1 Å². The second-order valence-corrected chi connectivity index (χ2v) is 6.07. The van der Waals surface area contributed by atoms with Crippen LogP contribution in [0.4, 0.5) is 5.69 Å². The Morgan fingerprint density at radius 1 is 0.952 bits per heavy atom. The standard InChI is InChI=1S/C19H19NO/c21-19-10-11-20(18-7-2-1-6-17(18)19)13-14-8-9-15-4-3-5-16(15)12-14/h1-2,6-9,12H,3-5,10-11,13H2. The van der Waals surface area contributed by atoms with E-state index in [0.717, 1.165) is 24.3 Å². The minimum atomic E-state index is 0.274. The van der Waals surface area contributed by atoms with Crippen LogP contribution in [0.25, 0.3) is 0 Å². The third-order valence-corrected chi connectivity index (χ3v) is 4.69. The van der Waals surface area contributed by atoms with Gasteiger partial charge in [0.05, 0.1) is 0 Å². The molecule has 2 aromatic carbocycles. The molecule has 4 rings (SSSR count). The number of benzene rings is 2. The molecule has 2 heteroatoms. The summed E-state index contributed by atoms with van der Waals surface area (Å²) in [6, 6.07) is 14.9. The first-order valence-electron chi connectivity index (χ1n) is 7.79. The fraction of sp³-hybridized carbons (Fsp3) is 0.316. The number of hydrogen-bond donors (Lipinski definition) is 0. The molecular formula is C19H19NO. The summed E-state index contributed by atoms with van der Waals surface area (Å²) >= 11 is 0. The second-order valence-electron chi connectivity index (χ2n) is 6.07. The molecule has 0 unspecified atom stereocenters. The molecule has 1 heterocycles. The van der Waals surface area contributed by atoms with Gasteiger partial charge in [0.25, 0.3) is 0 Å². The van der Waals surface area contributed by atoms with E-state index in [4.69, 9.17) is 0 Å². The molecule has 0 atom stereocenters. The Kier molecular flexibility index (Phi) is 3.03. The van der Waals surface area contributed by atoms with Crippen LogP contribution in [0.3, 0.4) is 0 Å². The first kappa shape index (κ1) is 12.6. The van der Waals surface area contributed by atoms with Gasteiger partial charge in [0.1, 0.15) is 0 Å². The normalized spacial score (nSPS) is 16.8. The number of fused-ring (bicyclic) bond motifs is 2. The van der Waals surface area contributed by atoms with Crippen LogP contribution in [0.5, 0.6) is 0 Å². The Morgan fingerprint density at radius 2 is 1.81 bits per heavy atom. The summed E-state index contributed by atoms with van der Waals surface area (Å²) < 4.78 is 0. The van der Waals surface area contributed by atoms with E-state index in [9.17, 15) is 4.79 Å². The van der Waals surface area contributed by atoms with E-state index in [0.29, 0.717) is 6.42 Å². The SMILES string of the molecule is O=C1CCN(Cc2ccc3c(c2)CCC3)c2ccccc21. The summed E-state index contributed by atoms with van der Waals surface area (Å²) in [6.07, 6.45) is 4.37. The van der Waals surface area contributed by atoms with Crippen LogP contribution >= 0.6 is 0 Å². The van der Waals surface area contributed by atoms with Gasteiger partial charge in [-0.1, -0.05) is 30.3 Å². The number of rotatable bonds is 2. The molecule has 0 radical (unpaired) electrons. The zero-order valence-corrected chi connectivity index (χ0v) is 12.1. The van der Waals surface area contributed by atoms with E-state index in [2.05, 4.69) is 29.2 Å². The van der Waals surface area contributed by atoms with Crippen molar-refractivity contribution >= 4 is 11.5 Å². The predicted molar refractivity (Wildman–Crippen MR) is 84.9 cm³/mol. The fourth-order valence-corrected chi connectivity index (χ4v) is 3.58. The summed E-state index contributed by atoms with van der Waals surface area (Å²) in [4.78, 5) is 14.4. The Morgan fingerprint density at radius 3 is 2.76 bits per heavy atom. The number of Topliss-reactive ketones (excluding diaryl/α,β-unsaturated/α-hetero) is 1. The Hall–Kier alpha value is -2.09. The summed E-state index contributed by atoms with van der Waals surface area (Å²) in [5.41, 5.74) is 6.38. The molecule has 0 N–H and O–H groups in total. The van der Waals surface area contributed by atoms with Gasteiger partial charge < -0.3 is 4.90 Å². The molecular weight excluding hydrogens is 258 g/mol. The molecule has 0 saturated carbocycles. The van der Waals surface area contributed by atoms with Crippen LogP contribution in [-0.2, 0) is 19.4 Å². The molecule has 0 aromatic heterocycles. The maximum atomic E-state index is 12.0. The van der Waals surface area contributed by atoms with E-state index in [1.165, 1.54) is 36.0 Å². The van der Waals surface area contributed by atoms with Gasteiger partial charge >= 0.3 is 0 Å². The molecule has 106 valence electrons. The molecule has 2 aliphatic rings. The van der Waals surface area contributed by atoms with E-state index in [1.54, 1.807) is 0 Å². The number of carbonyl (C=O) groups is 1. The third-order valence-electron chi connectivity index (χ3n) is 4.69. The molecule has 2 nitrogen and oxygen atoms in total. The second kappa shape index (κ2) is 5.03. The Labute approximate surface area is 125 Å². The number of anilines is 1. The highest BCUT2D eigenvalue weighted by atomic mass is 16.1. The van der Waals surface area contributed by atoms with Crippen molar-refractivity contribution in [3.05, 3.63) is 64.7 Å². The molecule has 0 spiro atoms. The summed E-state index contributed by atoms with van der Waals surface area (Å²) in [5, 5.41) is 0. The molecule has 2 aromatic rings. The van der Waals surface area contributed by atoms with Crippen molar-refractivity contribution < 1.29 is 4.79 Å². The lowest BCUT2D eigenvalue weighted by Crippen LogP contribution is -2.31. The number of nitrogens with zero attached hydrogens (tertiary/aromatic N) is 1. The summed E-state index contributed by atoms with van der Waals surface area (Å²) in [7, 11) is 0. The number of hydrogen-bond acceptors (Lipinski definition) is 2. The largest absolute Gasteiger partial charge is 0.366 e. The highest BCUT2D eigenvalue weighted by molar-refractivity contribution is 6.03. The number of carbonyl (C=O) groups excluding carboxylic acids is 1. The number of aryl methyl sites for hydroxylation is 2. The van der Waals surface area contributed by atoms with Gasteiger partial charge in [-0.25, -0.2) is 0 Å². The van der Waals surface area contributed by atoms with Gasteiger partial charge in [0, 0.05) is 30.8 Å². The van der Waals surface area contributed by atoms with Crippen molar-refractivity contribution in [2.24, 2.45) is 0 Å². The van der Waals surface area contributed by atoms with Crippen molar-refractivity contribution in [2.45, 2.75) is 32.2 Å². The first-order valence-corrected chi connectivity index (χ1v) is 7.79. The minimum absolute atomic E-state index is 0.274. The summed E-state index contributed by atoms with van der Waals surface area (Å²) in [5.74, 6) is 0.274. The van der Waals surface area contributed by atoms with E-state index in [-0.39, 0.29) is 5.78 Å². The monoisotopic (exact) mass is 277 g/mol. The van der Waals surface area contributed by atoms with Crippen LogP contribution in [0, 0.1) is 0 Å². The van der Waals surface area contributed by atoms with Gasteiger partial charge in [-0.2, -0.15) is 0 Å². The van der Waals surface area contributed by atoms with Gasteiger partial charge in [0.15, 0.2) is 5.78 Å². The third kappa shape index (κ3) is 2.25. The van der Waals surface area contributed by atoms with Crippen LogP contribution in [0.1, 0.15) is 39.9 Å². The highest BCUT2D eigenvalue weighted by Gasteiger charge is 2.22. The number of ketones is 1. The van der Waals surface area contributed by atoms with Crippen LogP contribution in [0.15, 0.2) is 42.5 Å². The van der Waals surface area contributed by atoms with Crippen molar-refractivity contribution in [1.82, 2.24) is 0 Å². The molecule has 0 saturated heterocycles. The van der Waals surface area contributed by atoms with Crippen molar-refractivity contribution in [1.29, 1.82) is 0 Å². The van der Waals surface area contributed by atoms with Crippen LogP contribution in [-0.4, -0.2) is 12.3 Å². The zero-order valence-electron chi connectivity index (χ0n) is 12.1. The first-order chi connectivity index (χ1) is 10.3. The zero-order chi connectivity index (χ0) is 14.2. The average Bonchev–Trinajstić information content (AvgIpc) is 2.98. The topological polar surface area (TPSA) is 20.3 Å².